The Balaban J connectivity index is 1.38. The molecule has 2 aromatic heterocycles. The zero-order valence-electron chi connectivity index (χ0n) is 17.2. The number of rotatable bonds is 6. The highest BCUT2D eigenvalue weighted by Crippen LogP contribution is 2.29. The van der Waals surface area contributed by atoms with Crippen LogP contribution in [-0.2, 0) is 0 Å². The Bertz CT molecular complexity index is 1070. The Hall–Kier alpha value is -2.52. The van der Waals surface area contributed by atoms with Crippen LogP contribution < -0.4 is 5.32 Å². The first-order valence-electron chi connectivity index (χ1n) is 10.2. The number of halogens is 3. The first-order valence-corrected chi connectivity index (χ1v) is 11.0. The second-order valence-corrected chi connectivity index (χ2v) is 9.07. The number of benzene rings is 1. The first kappa shape index (κ1) is 21.7. The molecule has 3 aromatic rings. The molecule has 0 saturated carbocycles. The van der Waals surface area contributed by atoms with Crippen molar-refractivity contribution in [1.29, 1.82) is 0 Å². The van der Waals surface area contributed by atoms with Gasteiger partial charge in [0, 0.05) is 35.3 Å². The summed E-state index contributed by atoms with van der Waals surface area (Å²) >= 11 is 1.55. The average molecular weight is 448 g/mol. The number of piperidine rings is 1. The van der Waals surface area contributed by atoms with Gasteiger partial charge in [-0.25, -0.2) is 4.98 Å². The summed E-state index contributed by atoms with van der Waals surface area (Å²) in [5.74, 6) is 0.929. The van der Waals surface area contributed by atoms with Gasteiger partial charge >= 0.3 is 6.18 Å². The molecule has 5 nitrogen and oxygen atoms in total. The molecule has 1 aliphatic rings. The summed E-state index contributed by atoms with van der Waals surface area (Å²) in [6.45, 7) is 7.47. The normalized spacial score (nSPS) is 16.0. The molecule has 3 heterocycles. The summed E-state index contributed by atoms with van der Waals surface area (Å²) in [5, 5.41) is 15.5. The van der Waals surface area contributed by atoms with E-state index in [9.17, 15) is 13.2 Å². The van der Waals surface area contributed by atoms with Crippen molar-refractivity contribution in [2.45, 2.75) is 32.4 Å². The van der Waals surface area contributed by atoms with Crippen molar-refractivity contribution in [2.24, 2.45) is 5.92 Å². The monoisotopic (exact) mass is 447 g/mol. The van der Waals surface area contributed by atoms with Crippen LogP contribution in [0, 0.1) is 12.8 Å². The molecule has 0 radical (unpaired) electrons. The van der Waals surface area contributed by atoms with Crippen molar-refractivity contribution in [3.63, 3.8) is 0 Å². The number of allylic oxidation sites excluding steroid dienone is 1. The summed E-state index contributed by atoms with van der Waals surface area (Å²) in [6.07, 6.45) is -1.45. The minimum atomic E-state index is -4.10. The molecule has 4 rings (SSSR count). The highest BCUT2D eigenvalue weighted by Gasteiger charge is 2.29. The van der Waals surface area contributed by atoms with Gasteiger partial charge in [0.2, 0.25) is 0 Å². The van der Waals surface area contributed by atoms with Crippen LogP contribution in [0.3, 0.4) is 0 Å². The first-order chi connectivity index (χ1) is 14.8. The van der Waals surface area contributed by atoms with Gasteiger partial charge in [0.25, 0.3) is 0 Å². The van der Waals surface area contributed by atoms with Gasteiger partial charge in [0.1, 0.15) is 15.8 Å². The highest BCUT2D eigenvalue weighted by molar-refractivity contribution is 7.14. The van der Waals surface area contributed by atoms with Gasteiger partial charge in [-0.05, 0) is 50.4 Å². The maximum Gasteiger partial charge on any atom is 0.390 e. The van der Waals surface area contributed by atoms with Crippen LogP contribution >= 0.6 is 11.3 Å². The summed E-state index contributed by atoms with van der Waals surface area (Å²) in [6, 6.07) is 8.09. The summed E-state index contributed by atoms with van der Waals surface area (Å²) in [7, 11) is 0. The van der Waals surface area contributed by atoms with Gasteiger partial charge < -0.3 is 10.2 Å². The quantitative estimate of drug-likeness (QED) is 0.529. The summed E-state index contributed by atoms with van der Waals surface area (Å²) < 4.78 is 37.3. The van der Waals surface area contributed by atoms with Crippen LogP contribution in [0.4, 0.5) is 19.0 Å². The Kier molecular flexibility index (Phi) is 6.24. The van der Waals surface area contributed by atoms with E-state index in [1.165, 1.54) is 0 Å². The molecule has 164 valence electrons. The van der Waals surface area contributed by atoms with Gasteiger partial charge in [-0.2, -0.15) is 13.2 Å². The lowest BCUT2D eigenvalue weighted by molar-refractivity contribution is -0.138. The maximum atomic E-state index is 12.4. The zero-order valence-corrected chi connectivity index (χ0v) is 18.1. The molecule has 1 fully saturated rings. The molecule has 0 unspecified atom stereocenters. The predicted octanol–water partition coefficient (Wildman–Crippen LogP) is 5.65. The fourth-order valence-corrected chi connectivity index (χ4v) is 4.50. The average Bonchev–Trinajstić information content (AvgIpc) is 3.18. The molecule has 0 aliphatic carbocycles. The third-order valence-corrected chi connectivity index (χ3v) is 6.46. The molecule has 31 heavy (non-hydrogen) atoms. The van der Waals surface area contributed by atoms with E-state index in [1.807, 2.05) is 36.2 Å². The number of nitrogens with zero attached hydrogens (tertiary/aromatic N) is 4. The second kappa shape index (κ2) is 8.92. The van der Waals surface area contributed by atoms with Crippen LogP contribution in [0.25, 0.3) is 21.3 Å². The standard InChI is InChI=1S/C22H24F3N5S/c1-14(16-5-8-30(9-6-16)10-7-22(23,24)25)27-20-12-19-11-17(3-4-18(19)13-26-20)21-29-28-15(2)31-21/h3-4,11-13,16H,1,5-10H2,2H3,(H,26,27). The van der Waals surface area contributed by atoms with E-state index < -0.39 is 12.6 Å². The zero-order chi connectivity index (χ0) is 22.0. The van der Waals surface area contributed by atoms with Crippen molar-refractivity contribution in [1.82, 2.24) is 20.1 Å². The molecule has 1 aromatic carbocycles. The number of alkyl halides is 3. The van der Waals surface area contributed by atoms with Crippen molar-refractivity contribution >= 4 is 27.9 Å². The SMILES string of the molecule is C=C(Nc1cc2cc(-c3nnc(C)s3)ccc2cn1)C1CCN(CCC(F)(F)F)CC1. The third-order valence-electron chi connectivity index (χ3n) is 5.58. The van der Waals surface area contributed by atoms with Crippen molar-refractivity contribution in [3.05, 3.63) is 47.7 Å². The molecular weight excluding hydrogens is 423 g/mol. The lowest BCUT2D eigenvalue weighted by atomic mass is 9.94. The van der Waals surface area contributed by atoms with Gasteiger partial charge in [-0.15, -0.1) is 10.2 Å². The molecular formula is C22H24F3N5S. The number of nitrogens with one attached hydrogen (secondary N) is 1. The fourth-order valence-electron chi connectivity index (χ4n) is 3.81. The smallest absolute Gasteiger partial charge is 0.344 e. The Morgan fingerprint density at radius 1 is 1.19 bits per heavy atom. The molecule has 0 amide bonds. The van der Waals surface area contributed by atoms with Crippen molar-refractivity contribution in [3.8, 4) is 10.6 Å². The molecule has 1 saturated heterocycles. The molecule has 0 spiro atoms. The number of hydrogen-bond acceptors (Lipinski definition) is 6. The van der Waals surface area contributed by atoms with Crippen molar-refractivity contribution in [2.75, 3.05) is 25.0 Å². The summed E-state index contributed by atoms with van der Waals surface area (Å²) in [4.78, 5) is 6.36. The lowest BCUT2D eigenvalue weighted by Gasteiger charge is -2.33. The highest BCUT2D eigenvalue weighted by atomic mass is 32.1. The Morgan fingerprint density at radius 3 is 2.65 bits per heavy atom. The Morgan fingerprint density at radius 2 is 1.97 bits per heavy atom. The van der Waals surface area contributed by atoms with Crippen LogP contribution in [0.5, 0.6) is 0 Å². The molecule has 9 heteroatoms. The van der Waals surface area contributed by atoms with E-state index in [1.54, 1.807) is 11.3 Å². The summed E-state index contributed by atoms with van der Waals surface area (Å²) in [5.41, 5.74) is 1.87. The van der Waals surface area contributed by atoms with Crippen LogP contribution in [-0.4, -0.2) is 45.9 Å². The number of pyridine rings is 1. The minimum Gasteiger partial charge on any atom is -0.344 e. The van der Waals surface area contributed by atoms with E-state index in [0.717, 1.165) is 44.9 Å². The van der Waals surface area contributed by atoms with E-state index in [-0.39, 0.29) is 12.5 Å². The molecule has 1 aliphatic heterocycles. The number of hydrogen-bond donors (Lipinski definition) is 1. The van der Waals surface area contributed by atoms with E-state index in [0.29, 0.717) is 18.9 Å². The molecule has 0 bridgehead atoms. The molecule has 0 atom stereocenters. The topological polar surface area (TPSA) is 53.9 Å². The number of likely N-dealkylation sites (tertiary alicyclic amines) is 1. The largest absolute Gasteiger partial charge is 0.390 e. The van der Waals surface area contributed by atoms with Crippen molar-refractivity contribution < 1.29 is 13.2 Å². The van der Waals surface area contributed by atoms with Crippen LogP contribution in [0.1, 0.15) is 24.3 Å². The number of aryl methyl sites for hydroxylation is 1. The van der Waals surface area contributed by atoms with E-state index in [2.05, 4.69) is 33.1 Å². The fraction of sp³-hybridized carbons (Fsp3) is 0.409. The molecule has 1 N–H and O–H groups in total. The predicted molar refractivity (Wildman–Crippen MR) is 118 cm³/mol. The number of aromatic nitrogens is 3. The number of anilines is 1. The van der Waals surface area contributed by atoms with Gasteiger partial charge in [0.15, 0.2) is 0 Å². The van der Waals surface area contributed by atoms with Crippen LogP contribution in [0.2, 0.25) is 0 Å². The third kappa shape index (κ3) is 5.59. The van der Waals surface area contributed by atoms with Gasteiger partial charge in [0.05, 0.1) is 6.42 Å². The number of fused-ring (bicyclic) bond motifs is 1. The van der Waals surface area contributed by atoms with Crippen LogP contribution in [0.15, 0.2) is 42.7 Å². The van der Waals surface area contributed by atoms with Gasteiger partial charge in [-0.3, -0.25) is 0 Å². The maximum absolute atomic E-state index is 12.4. The van der Waals surface area contributed by atoms with Gasteiger partial charge in [-0.1, -0.05) is 30.0 Å². The Labute approximate surface area is 183 Å². The lowest BCUT2D eigenvalue weighted by Crippen LogP contribution is -2.37. The van der Waals surface area contributed by atoms with E-state index >= 15 is 0 Å². The second-order valence-electron chi connectivity index (χ2n) is 7.89. The minimum absolute atomic E-state index is 0.0683. The van der Waals surface area contributed by atoms with E-state index in [4.69, 9.17) is 0 Å².